The van der Waals surface area contributed by atoms with Crippen LogP contribution in [0.15, 0.2) is 6.33 Å². The fourth-order valence-electron chi connectivity index (χ4n) is 3.63. The molecule has 24 heavy (non-hydrogen) atoms. The zero-order chi connectivity index (χ0) is 16.1. The Bertz CT molecular complexity index is 907. The largest absolute Gasteiger partial charge is 0.369 e. The van der Waals surface area contributed by atoms with Gasteiger partial charge in [-0.25, -0.2) is 9.97 Å². The molecule has 1 fully saturated rings. The summed E-state index contributed by atoms with van der Waals surface area (Å²) in [6.45, 7) is 2.79. The van der Waals surface area contributed by atoms with Crippen molar-refractivity contribution >= 4 is 27.4 Å². The van der Waals surface area contributed by atoms with Gasteiger partial charge in [0.15, 0.2) is 0 Å². The molecule has 3 aromatic heterocycles. The molecule has 124 valence electrons. The van der Waals surface area contributed by atoms with Crippen LogP contribution in [-0.2, 0) is 19.3 Å². The minimum absolute atomic E-state index is 0.628. The number of nitrogens with one attached hydrogen (secondary N) is 1. The molecular formula is C17H20N6S. The number of fused-ring (bicyclic) bond motifs is 3. The summed E-state index contributed by atoms with van der Waals surface area (Å²) < 4.78 is 2.23. The van der Waals surface area contributed by atoms with Crippen molar-refractivity contribution in [1.29, 1.82) is 0 Å². The topological polar surface area (TPSA) is 68.5 Å². The van der Waals surface area contributed by atoms with E-state index in [0.29, 0.717) is 6.04 Å². The van der Waals surface area contributed by atoms with Gasteiger partial charge in [-0.3, -0.25) is 0 Å². The normalized spacial score (nSPS) is 16.7. The number of thiophene rings is 1. The number of anilines is 1. The predicted octanol–water partition coefficient (Wildman–Crippen LogP) is 3.07. The maximum Gasteiger partial charge on any atom is 0.138 e. The zero-order valence-corrected chi connectivity index (χ0v) is 14.6. The summed E-state index contributed by atoms with van der Waals surface area (Å²) in [7, 11) is 0. The molecule has 6 nitrogen and oxygen atoms in total. The van der Waals surface area contributed by atoms with Crippen molar-refractivity contribution in [1.82, 2.24) is 24.7 Å². The molecule has 2 aliphatic carbocycles. The van der Waals surface area contributed by atoms with Crippen LogP contribution in [0.5, 0.6) is 0 Å². The van der Waals surface area contributed by atoms with E-state index in [1.165, 1.54) is 41.5 Å². The minimum Gasteiger partial charge on any atom is -0.369 e. The maximum atomic E-state index is 4.68. The number of rotatable bonds is 5. The lowest BCUT2D eigenvalue weighted by atomic mass is 10.2. The van der Waals surface area contributed by atoms with E-state index in [2.05, 4.69) is 30.0 Å². The number of hydrogen-bond acceptors (Lipinski definition) is 6. The van der Waals surface area contributed by atoms with Crippen LogP contribution in [0.1, 0.15) is 47.4 Å². The summed E-state index contributed by atoms with van der Waals surface area (Å²) in [4.78, 5) is 12.0. The van der Waals surface area contributed by atoms with Gasteiger partial charge in [-0.2, -0.15) is 0 Å². The third-order valence-electron chi connectivity index (χ3n) is 4.91. The molecule has 0 atom stereocenters. The first-order valence-corrected chi connectivity index (χ1v) is 9.52. The van der Waals surface area contributed by atoms with E-state index in [0.717, 1.165) is 41.7 Å². The summed E-state index contributed by atoms with van der Waals surface area (Å²) in [5.74, 6) is 2.91. The van der Waals surface area contributed by atoms with Gasteiger partial charge in [0.1, 0.15) is 28.6 Å². The molecule has 0 unspecified atom stereocenters. The second-order valence-corrected chi connectivity index (χ2v) is 7.80. The molecule has 1 saturated carbocycles. The second kappa shape index (κ2) is 5.51. The van der Waals surface area contributed by atoms with E-state index in [9.17, 15) is 0 Å². The van der Waals surface area contributed by atoms with E-state index < -0.39 is 0 Å². The first-order chi connectivity index (χ1) is 11.8. The Morgan fingerprint density at radius 3 is 3.08 bits per heavy atom. The highest BCUT2D eigenvalue weighted by Gasteiger charge is 2.26. The van der Waals surface area contributed by atoms with Gasteiger partial charge in [-0.05, 0) is 44.6 Å². The highest BCUT2D eigenvalue weighted by atomic mass is 32.1. The van der Waals surface area contributed by atoms with Crippen LogP contribution in [-0.4, -0.2) is 31.3 Å². The van der Waals surface area contributed by atoms with Crippen LogP contribution in [0.4, 0.5) is 5.82 Å². The monoisotopic (exact) mass is 340 g/mol. The van der Waals surface area contributed by atoms with E-state index in [4.69, 9.17) is 0 Å². The molecule has 1 N–H and O–H groups in total. The minimum atomic E-state index is 0.628. The van der Waals surface area contributed by atoms with Crippen molar-refractivity contribution in [2.45, 2.75) is 51.5 Å². The first kappa shape index (κ1) is 14.3. The summed E-state index contributed by atoms with van der Waals surface area (Å²) in [5.41, 5.74) is 1.47. The number of hydrogen-bond donors (Lipinski definition) is 1. The van der Waals surface area contributed by atoms with Crippen molar-refractivity contribution in [2.24, 2.45) is 0 Å². The molecule has 2 aliphatic rings. The average Bonchev–Trinajstić information content (AvgIpc) is 2.97. The predicted molar refractivity (Wildman–Crippen MR) is 94.7 cm³/mol. The van der Waals surface area contributed by atoms with Crippen molar-refractivity contribution in [3.63, 3.8) is 0 Å². The van der Waals surface area contributed by atoms with Crippen molar-refractivity contribution in [2.75, 3.05) is 11.9 Å². The smallest absolute Gasteiger partial charge is 0.138 e. The maximum absolute atomic E-state index is 4.68. The van der Waals surface area contributed by atoms with Crippen molar-refractivity contribution in [3.05, 3.63) is 28.4 Å². The van der Waals surface area contributed by atoms with Crippen LogP contribution in [0.2, 0.25) is 0 Å². The Balaban J connectivity index is 1.39. The Morgan fingerprint density at radius 1 is 1.29 bits per heavy atom. The van der Waals surface area contributed by atoms with Crippen LogP contribution in [0.25, 0.3) is 10.2 Å². The first-order valence-electron chi connectivity index (χ1n) is 8.71. The lowest BCUT2D eigenvalue weighted by molar-refractivity contribution is 0.681. The molecule has 0 aromatic carbocycles. The Kier molecular flexibility index (Phi) is 3.29. The second-order valence-electron chi connectivity index (χ2n) is 6.72. The van der Waals surface area contributed by atoms with Crippen molar-refractivity contribution < 1.29 is 0 Å². The van der Waals surface area contributed by atoms with Gasteiger partial charge in [-0.1, -0.05) is 0 Å². The van der Waals surface area contributed by atoms with Gasteiger partial charge in [0.25, 0.3) is 0 Å². The molecule has 3 aromatic rings. The molecule has 0 aliphatic heterocycles. The molecule has 0 saturated heterocycles. The number of nitrogens with zero attached hydrogens (tertiary/aromatic N) is 5. The quantitative estimate of drug-likeness (QED) is 0.773. The summed E-state index contributed by atoms with van der Waals surface area (Å²) in [6, 6.07) is 0.628. The lowest BCUT2D eigenvalue weighted by Gasteiger charge is -2.09. The molecule has 0 bridgehead atoms. The molecule has 7 heteroatoms. The average molecular weight is 340 g/mol. The highest BCUT2D eigenvalue weighted by Crippen LogP contribution is 2.39. The molecule has 0 amide bonds. The van der Waals surface area contributed by atoms with Gasteiger partial charge in [0.05, 0.1) is 5.39 Å². The highest BCUT2D eigenvalue weighted by molar-refractivity contribution is 7.19. The number of aromatic nitrogens is 5. The summed E-state index contributed by atoms with van der Waals surface area (Å²) in [6.07, 6.45) is 8.86. The van der Waals surface area contributed by atoms with Crippen LogP contribution in [0, 0.1) is 6.92 Å². The van der Waals surface area contributed by atoms with E-state index in [1.54, 1.807) is 0 Å². The molecular weight excluding hydrogens is 320 g/mol. The lowest BCUT2D eigenvalue weighted by Crippen LogP contribution is -2.11. The third-order valence-corrected chi connectivity index (χ3v) is 6.09. The van der Waals surface area contributed by atoms with Crippen LogP contribution < -0.4 is 5.32 Å². The zero-order valence-electron chi connectivity index (χ0n) is 13.7. The van der Waals surface area contributed by atoms with Gasteiger partial charge in [0.2, 0.25) is 0 Å². The van der Waals surface area contributed by atoms with Gasteiger partial charge in [0, 0.05) is 23.9 Å². The van der Waals surface area contributed by atoms with Gasteiger partial charge < -0.3 is 9.88 Å². The Labute approximate surface area is 144 Å². The SMILES string of the molecule is Cc1nc(NCCc2nncn2C2CC2)c2c3c(sc2n1)CCC3. The standard InChI is InChI=1S/C17H20N6S/c1-10-20-16(15-12-3-2-4-13(12)24-17(15)21-10)18-8-7-14-22-19-9-23(14)11-5-6-11/h9,11H,2-8H2,1H3,(H,18,20,21). The third kappa shape index (κ3) is 2.38. The Morgan fingerprint density at radius 2 is 2.21 bits per heavy atom. The van der Waals surface area contributed by atoms with Crippen LogP contribution >= 0.6 is 11.3 Å². The molecule has 0 spiro atoms. The molecule has 5 rings (SSSR count). The van der Waals surface area contributed by atoms with E-state index >= 15 is 0 Å². The Hall–Kier alpha value is -2.02. The molecule has 0 radical (unpaired) electrons. The summed E-state index contributed by atoms with van der Waals surface area (Å²) in [5, 5.41) is 13.1. The van der Waals surface area contributed by atoms with E-state index in [-0.39, 0.29) is 0 Å². The fraction of sp³-hybridized carbons (Fsp3) is 0.529. The van der Waals surface area contributed by atoms with Gasteiger partial charge >= 0.3 is 0 Å². The molecule has 3 heterocycles. The van der Waals surface area contributed by atoms with Crippen molar-refractivity contribution in [3.8, 4) is 0 Å². The van der Waals surface area contributed by atoms with Gasteiger partial charge in [-0.15, -0.1) is 21.5 Å². The summed E-state index contributed by atoms with van der Waals surface area (Å²) >= 11 is 1.84. The van der Waals surface area contributed by atoms with Crippen LogP contribution in [0.3, 0.4) is 0 Å². The fourth-order valence-corrected chi connectivity index (χ4v) is 4.93. The number of aryl methyl sites for hydroxylation is 3. The van der Waals surface area contributed by atoms with E-state index in [1.807, 2.05) is 24.6 Å².